The van der Waals surface area contributed by atoms with Crippen molar-refractivity contribution in [2.75, 3.05) is 18.9 Å². The van der Waals surface area contributed by atoms with E-state index in [2.05, 4.69) is 15.3 Å². The van der Waals surface area contributed by atoms with Crippen LogP contribution in [-0.2, 0) is 13.0 Å². The summed E-state index contributed by atoms with van der Waals surface area (Å²) in [5.41, 5.74) is 2.58. The Morgan fingerprint density at radius 2 is 1.81 bits per heavy atom. The van der Waals surface area contributed by atoms with Crippen LogP contribution < -0.4 is 5.32 Å². The van der Waals surface area contributed by atoms with E-state index in [0.717, 1.165) is 22.6 Å². The number of hydrogen-bond acceptors (Lipinski definition) is 4. The molecule has 5 nitrogen and oxygen atoms in total. The quantitative estimate of drug-likeness (QED) is 0.671. The zero-order valence-electron chi connectivity index (χ0n) is 15.1. The van der Waals surface area contributed by atoms with Crippen molar-refractivity contribution in [1.82, 2.24) is 14.9 Å². The first-order valence-corrected chi connectivity index (χ1v) is 9.09. The van der Waals surface area contributed by atoms with Crippen molar-refractivity contribution >= 4 is 23.3 Å². The van der Waals surface area contributed by atoms with Gasteiger partial charge in [0, 0.05) is 31.2 Å². The van der Waals surface area contributed by atoms with Crippen molar-refractivity contribution in [3.8, 4) is 0 Å². The Kier molecular flexibility index (Phi) is 6.39. The van der Waals surface area contributed by atoms with Crippen molar-refractivity contribution in [1.29, 1.82) is 0 Å². The molecular formula is C21H21ClN4O. The van der Waals surface area contributed by atoms with Gasteiger partial charge in [0.15, 0.2) is 0 Å². The van der Waals surface area contributed by atoms with Crippen molar-refractivity contribution in [3.05, 3.63) is 88.8 Å². The van der Waals surface area contributed by atoms with Gasteiger partial charge >= 0.3 is 0 Å². The SMILES string of the molecule is CN(Cc1ccccc1)C(=O)c1cc(NCCc2cccc(Cl)c2)ncn1. The number of nitrogens with zero attached hydrogens (tertiary/aromatic N) is 3. The van der Waals surface area contributed by atoms with Gasteiger partial charge in [0.2, 0.25) is 0 Å². The number of benzene rings is 2. The summed E-state index contributed by atoms with van der Waals surface area (Å²) in [6.07, 6.45) is 2.22. The number of amides is 1. The lowest BCUT2D eigenvalue weighted by Crippen LogP contribution is -2.27. The van der Waals surface area contributed by atoms with E-state index >= 15 is 0 Å². The maximum absolute atomic E-state index is 12.6. The van der Waals surface area contributed by atoms with Gasteiger partial charge in [0.25, 0.3) is 5.91 Å². The van der Waals surface area contributed by atoms with Gasteiger partial charge in [-0.25, -0.2) is 9.97 Å². The number of rotatable bonds is 7. The highest BCUT2D eigenvalue weighted by atomic mass is 35.5. The lowest BCUT2D eigenvalue weighted by atomic mass is 10.1. The van der Waals surface area contributed by atoms with E-state index in [4.69, 9.17) is 11.6 Å². The minimum absolute atomic E-state index is 0.140. The number of hydrogen-bond donors (Lipinski definition) is 1. The van der Waals surface area contributed by atoms with Gasteiger partial charge < -0.3 is 10.2 Å². The van der Waals surface area contributed by atoms with Crippen molar-refractivity contribution in [2.45, 2.75) is 13.0 Å². The molecule has 0 spiro atoms. The fraction of sp³-hybridized carbons (Fsp3) is 0.190. The molecule has 6 heteroatoms. The summed E-state index contributed by atoms with van der Waals surface area (Å²) in [5.74, 6) is 0.489. The third-order valence-electron chi connectivity index (χ3n) is 4.10. The van der Waals surface area contributed by atoms with Crippen LogP contribution in [0.25, 0.3) is 0 Å². The first-order chi connectivity index (χ1) is 13.1. The summed E-state index contributed by atoms with van der Waals surface area (Å²) in [6, 6.07) is 19.3. The van der Waals surface area contributed by atoms with E-state index < -0.39 is 0 Å². The maximum atomic E-state index is 12.6. The monoisotopic (exact) mass is 380 g/mol. The molecule has 27 heavy (non-hydrogen) atoms. The predicted octanol–water partition coefficient (Wildman–Crippen LogP) is 4.06. The Balaban J connectivity index is 1.58. The maximum Gasteiger partial charge on any atom is 0.272 e. The Bertz CT molecular complexity index is 901. The molecule has 0 unspecified atom stereocenters. The molecule has 0 fully saturated rings. The second-order valence-electron chi connectivity index (χ2n) is 6.24. The number of nitrogens with one attached hydrogen (secondary N) is 1. The van der Waals surface area contributed by atoms with E-state index in [-0.39, 0.29) is 5.91 Å². The molecule has 3 aromatic rings. The van der Waals surface area contributed by atoms with Crippen LogP contribution >= 0.6 is 11.6 Å². The van der Waals surface area contributed by atoms with Gasteiger partial charge in [0.1, 0.15) is 17.8 Å². The second-order valence-corrected chi connectivity index (χ2v) is 6.68. The smallest absolute Gasteiger partial charge is 0.272 e. The number of carbonyl (C=O) groups is 1. The summed E-state index contributed by atoms with van der Waals surface area (Å²) >= 11 is 6.00. The van der Waals surface area contributed by atoms with Gasteiger partial charge in [-0.15, -0.1) is 0 Å². The van der Waals surface area contributed by atoms with E-state index in [1.807, 2.05) is 54.6 Å². The van der Waals surface area contributed by atoms with Gasteiger partial charge in [-0.05, 0) is 29.7 Å². The van der Waals surface area contributed by atoms with Crippen LogP contribution in [0.15, 0.2) is 67.0 Å². The molecule has 1 amide bonds. The summed E-state index contributed by atoms with van der Waals surface area (Å²) in [4.78, 5) is 22.6. The molecule has 0 bridgehead atoms. The summed E-state index contributed by atoms with van der Waals surface area (Å²) in [6.45, 7) is 1.21. The Hall–Kier alpha value is -2.92. The molecule has 0 saturated heterocycles. The predicted molar refractivity (Wildman–Crippen MR) is 108 cm³/mol. The molecule has 2 aromatic carbocycles. The molecular weight excluding hydrogens is 360 g/mol. The highest BCUT2D eigenvalue weighted by Gasteiger charge is 2.14. The largest absolute Gasteiger partial charge is 0.370 e. The molecule has 0 aliphatic heterocycles. The number of aromatic nitrogens is 2. The molecule has 1 heterocycles. The van der Waals surface area contributed by atoms with Crippen LogP contribution in [0.5, 0.6) is 0 Å². The topological polar surface area (TPSA) is 58.1 Å². The molecule has 0 aliphatic rings. The van der Waals surface area contributed by atoms with Crippen LogP contribution in [0.3, 0.4) is 0 Å². The molecule has 138 valence electrons. The first-order valence-electron chi connectivity index (χ1n) is 8.71. The number of carbonyl (C=O) groups excluding carboxylic acids is 1. The zero-order valence-corrected chi connectivity index (χ0v) is 15.9. The standard InChI is InChI=1S/C21H21ClN4O/c1-26(14-17-6-3-2-4-7-17)21(27)19-13-20(25-15-24-19)23-11-10-16-8-5-9-18(22)12-16/h2-9,12-13,15H,10-11,14H2,1H3,(H,23,24,25). The molecule has 0 saturated carbocycles. The molecule has 0 radical (unpaired) electrons. The number of halogens is 1. The fourth-order valence-electron chi connectivity index (χ4n) is 2.72. The zero-order chi connectivity index (χ0) is 19.1. The van der Waals surface area contributed by atoms with Gasteiger partial charge in [-0.1, -0.05) is 54.1 Å². The van der Waals surface area contributed by atoms with Crippen molar-refractivity contribution in [2.24, 2.45) is 0 Å². The molecule has 1 aromatic heterocycles. The highest BCUT2D eigenvalue weighted by Crippen LogP contribution is 2.12. The average molecular weight is 381 g/mol. The van der Waals surface area contributed by atoms with Crippen LogP contribution in [0.4, 0.5) is 5.82 Å². The van der Waals surface area contributed by atoms with Crippen LogP contribution in [0.1, 0.15) is 21.6 Å². The molecule has 1 N–H and O–H groups in total. The third-order valence-corrected chi connectivity index (χ3v) is 4.34. The van der Waals surface area contributed by atoms with E-state index in [1.165, 1.54) is 6.33 Å². The lowest BCUT2D eigenvalue weighted by molar-refractivity contribution is 0.0779. The second kappa shape index (κ2) is 9.14. The van der Waals surface area contributed by atoms with E-state index in [0.29, 0.717) is 24.6 Å². The summed E-state index contributed by atoms with van der Waals surface area (Å²) in [7, 11) is 1.77. The molecule has 0 aliphatic carbocycles. The van der Waals surface area contributed by atoms with Crippen LogP contribution in [0.2, 0.25) is 5.02 Å². The van der Waals surface area contributed by atoms with Gasteiger partial charge in [-0.3, -0.25) is 4.79 Å². The summed E-state index contributed by atoms with van der Waals surface area (Å²) < 4.78 is 0. The lowest BCUT2D eigenvalue weighted by Gasteiger charge is -2.17. The van der Waals surface area contributed by atoms with E-state index in [1.54, 1.807) is 18.0 Å². The Morgan fingerprint density at radius 3 is 2.59 bits per heavy atom. The minimum atomic E-state index is -0.140. The first kappa shape index (κ1) is 18.9. The van der Waals surface area contributed by atoms with Crippen molar-refractivity contribution in [3.63, 3.8) is 0 Å². The van der Waals surface area contributed by atoms with Crippen LogP contribution in [0, 0.1) is 0 Å². The normalized spacial score (nSPS) is 10.4. The summed E-state index contributed by atoms with van der Waals surface area (Å²) in [5, 5.41) is 3.96. The Morgan fingerprint density at radius 1 is 1.04 bits per heavy atom. The van der Waals surface area contributed by atoms with Crippen molar-refractivity contribution < 1.29 is 4.79 Å². The molecule has 0 atom stereocenters. The molecule has 3 rings (SSSR count). The number of anilines is 1. The highest BCUT2D eigenvalue weighted by molar-refractivity contribution is 6.30. The minimum Gasteiger partial charge on any atom is -0.370 e. The van der Waals surface area contributed by atoms with Crippen LogP contribution in [-0.4, -0.2) is 34.4 Å². The van der Waals surface area contributed by atoms with Gasteiger partial charge in [0.05, 0.1) is 0 Å². The third kappa shape index (κ3) is 5.53. The average Bonchev–Trinajstić information content (AvgIpc) is 2.68. The van der Waals surface area contributed by atoms with Gasteiger partial charge in [-0.2, -0.15) is 0 Å². The van der Waals surface area contributed by atoms with E-state index in [9.17, 15) is 4.79 Å². The Labute approximate surface area is 164 Å². The fourth-order valence-corrected chi connectivity index (χ4v) is 2.94.